The maximum Gasteiger partial charge on any atom is 0.430 e. The number of ketones is 1. The van der Waals surface area contributed by atoms with Crippen molar-refractivity contribution in [3.8, 4) is 0 Å². The summed E-state index contributed by atoms with van der Waals surface area (Å²) in [5.41, 5.74) is -4.17. The Morgan fingerprint density at radius 1 is 1.11 bits per heavy atom. The minimum absolute atomic E-state index is 0.125. The first-order valence-corrected chi connectivity index (χ1v) is 12.8. The van der Waals surface area contributed by atoms with Crippen molar-refractivity contribution in [3.05, 3.63) is 33.8 Å². The van der Waals surface area contributed by atoms with Crippen LogP contribution in [0.25, 0.3) is 0 Å². The maximum absolute atomic E-state index is 14.1. The lowest BCUT2D eigenvalue weighted by atomic mass is 9.87. The molecule has 1 N–H and O–H groups in total. The predicted octanol–water partition coefficient (Wildman–Crippen LogP) is 7.19. The molecule has 2 aliphatic carbocycles. The zero-order chi connectivity index (χ0) is 28.5. The van der Waals surface area contributed by atoms with E-state index < -0.39 is 60.2 Å². The molecule has 0 bridgehead atoms. The Balaban J connectivity index is 1.98. The number of aliphatic imine (C=N–C) groups is 1. The largest absolute Gasteiger partial charge is 0.430 e. The maximum atomic E-state index is 14.1. The van der Waals surface area contributed by atoms with E-state index in [1.165, 1.54) is 18.2 Å². The summed E-state index contributed by atoms with van der Waals surface area (Å²) >= 11 is 12.1. The molecule has 2 fully saturated rings. The second kappa shape index (κ2) is 11.5. The highest BCUT2D eigenvalue weighted by Crippen LogP contribution is 2.58. The monoisotopic (exact) mass is 585 g/mol. The molecule has 0 aromatic heterocycles. The SMILES string of the molecule is CC1CCC(N=C(C(C=N)C(=O)N(CC(=O)c2c(Cl)cccc2Cl)CC2(C(F)(F)F)CC2)C(F)(F)F)CC1. The Morgan fingerprint density at radius 3 is 2.11 bits per heavy atom. The van der Waals surface area contributed by atoms with Crippen LogP contribution in [0.4, 0.5) is 26.3 Å². The minimum Gasteiger partial charge on any atom is -0.333 e. The third-order valence-corrected chi connectivity index (χ3v) is 7.79. The average Bonchev–Trinajstić information content (AvgIpc) is 3.60. The lowest BCUT2D eigenvalue weighted by Crippen LogP contribution is -2.50. The molecule has 210 valence electrons. The van der Waals surface area contributed by atoms with Gasteiger partial charge in [-0.15, -0.1) is 0 Å². The Labute approximate surface area is 226 Å². The number of hydrogen-bond acceptors (Lipinski definition) is 4. The van der Waals surface area contributed by atoms with Gasteiger partial charge in [-0.2, -0.15) is 26.3 Å². The summed E-state index contributed by atoms with van der Waals surface area (Å²) < 4.78 is 83.6. The molecular weight excluding hydrogens is 559 g/mol. The van der Waals surface area contributed by atoms with Crippen LogP contribution in [0, 0.1) is 22.7 Å². The third-order valence-electron chi connectivity index (χ3n) is 7.16. The van der Waals surface area contributed by atoms with E-state index in [9.17, 15) is 35.9 Å². The molecule has 1 aromatic rings. The van der Waals surface area contributed by atoms with Crippen LogP contribution in [-0.2, 0) is 4.79 Å². The first kappa shape index (κ1) is 30.4. The van der Waals surface area contributed by atoms with Gasteiger partial charge in [-0.3, -0.25) is 14.6 Å². The smallest absolute Gasteiger partial charge is 0.333 e. The van der Waals surface area contributed by atoms with Crippen molar-refractivity contribution >= 4 is 46.8 Å². The van der Waals surface area contributed by atoms with Gasteiger partial charge < -0.3 is 10.3 Å². The van der Waals surface area contributed by atoms with Gasteiger partial charge in [0, 0.05) is 12.8 Å². The molecule has 0 aliphatic heterocycles. The number of halogens is 8. The van der Waals surface area contributed by atoms with E-state index in [4.69, 9.17) is 28.6 Å². The van der Waals surface area contributed by atoms with Gasteiger partial charge in [0.2, 0.25) is 5.91 Å². The summed E-state index contributed by atoms with van der Waals surface area (Å²) in [7, 11) is 0. The molecule has 0 heterocycles. The molecule has 13 heteroatoms. The molecule has 38 heavy (non-hydrogen) atoms. The molecule has 0 radical (unpaired) electrons. The van der Waals surface area contributed by atoms with E-state index in [0.717, 1.165) is 0 Å². The number of amides is 1. The van der Waals surface area contributed by atoms with Crippen LogP contribution < -0.4 is 0 Å². The Bertz CT molecular complexity index is 1070. The van der Waals surface area contributed by atoms with Crippen LogP contribution in [0.2, 0.25) is 10.0 Å². The van der Waals surface area contributed by atoms with E-state index in [0.29, 0.717) is 36.5 Å². The molecular formula is C25H27Cl2F6N3O2. The van der Waals surface area contributed by atoms with Gasteiger partial charge >= 0.3 is 12.4 Å². The Morgan fingerprint density at radius 2 is 1.66 bits per heavy atom. The van der Waals surface area contributed by atoms with Crippen molar-refractivity contribution in [1.82, 2.24) is 4.90 Å². The van der Waals surface area contributed by atoms with Crippen LogP contribution in [0.1, 0.15) is 55.8 Å². The van der Waals surface area contributed by atoms with Gasteiger partial charge in [-0.25, -0.2) is 0 Å². The second-order valence-electron chi connectivity index (χ2n) is 10.1. The van der Waals surface area contributed by atoms with Crippen molar-refractivity contribution in [2.45, 2.75) is 63.8 Å². The van der Waals surface area contributed by atoms with Crippen molar-refractivity contribution in [3.63, 3.8) is 0 Å². The highest BCUT2D eigenvalue weighted by molar-refractivity contribution is 6.40. The molecule has 0 spiro atoms. The quantitative estimate of drug-likeness (QED) is 0.189. The summed E-state index contributed by atoms with van der Waals surface area (Å²) in [6.45, 7) is -0.0842. The van der Waals surface area contributed by atoms with Crippen LogP contribution >= 0.6 is 23.2 Å². The highest BCUT2D eigenvalue weighted by Gasteiger charge is 2.64. The number of Topliss-reactive ketones (excluding diaryl/α,β-unsaturated/α-hetero) is 1. The van der Waals surface area contributed by atoms with E-state index in [1.54, 1.807) is 0 Å². The fourth-order valence-corrected chi connectivity index (χ4v) is 5.25. The Hall–Kier alpha value is -2.14. The molecule has 2 aliphatic rings. The van der Waals surface area contributed by atoms with Crippen molar-refractivity contribution in [2.75, 3.05) is 13.1 Å². The zero-order valence-corrected chi connectivity index (χ0v) is 21.9. The van der Waals surface area contributed by atoms with Crippen LogP contribution in [0.3, 0.4) is 0 Å². The van der Waals surface area contributed by atoms with Crippen LogP contribution in [0.15, 0.2) is 23.2 Å². The lowest BCUT2D eigenvalue weighted by molar-refractivity contribution is -0.192. The first-order valence-electron chi connectivity index (χ1n) is 12.1. The second-order valence-corrected chi connectivity index (χ2v) is 10.9. The van der Waals surface area contributed by atoms with Crippen molar-refractivity contribution < 1.29 is 35.9 Å². The number of alkyl halides is 6. The van der Waals surface area contributed by atoms with Gasteiger partial charge in [0.05, 0.1) is 33.6 Å². The van der Waals surface area contributed by atoms with E-state index in [1.807, 2.05) is 6.92 Å². The molecule has 5 nitrogen and oxygen atoms in total. The van der Waals surface area contributed by atoms with Crippen LogP contribution in [0.5, 0.6) is 0 Å². The van der Waals surface area contributed by atoms with Gasteiger partial charge in [0.15, 0.2) is 5.78 Å². The summed E-state index contributed by atoms with van der Waals surface area (Å²) in [4.78, 5) is 30.7. The van der Waals surface area contributed by atoms with Crippen molar-refractivity contribution in [1.29, 1.82) is 5.41 Å². The molecule has 3 rings (SSSR count). The fourth-order valence-electron chi connectivity index (χ4n) is 4.64. The lowest BCUT2D eigenvalue weighted by Gasteiger charge is -2.32. The normalized spacial score (nSPS) is 22.5. The van der Waals surface area contributed by atoms with Gasteiger partial charge in [-0.05, 0) is 56.6 Å². The van der Waals surface area contributed by atoms with E-state index >= 15 is 0 Å². The number of nitrogens with zero attached hydrogens (tertiary/aromatic N) is 2. The summed E-state index contributed by atoms with van der Waals surface area (Å²) in [6.07, 6.45) is -8.39. The number of nitrogens with one attached hydrogen (secondary N) is 1. The zero-order valence-electron chi connectivity index (χ0n) is 20.4. The van der Waals surface area contributed by atoms with Gasteiger partial charge in [-0.1, -0.05) is 36.2 Å². The number of carbonyl (C=O) groups is 2. The summed E-state index contributed by atoms with van der Waals surface area (Å²) in [6, 6.07) is 3.31. The summed E-state index contributed by atoms with van der Waals surface area (Å²) in [5.74, 6) is -4.41. The number of rotatable bonds is 9. The molecule has 1 aromatic carbocycles. The fraction of sp³-hybridized carbons (Fsp3) is 0.600. The standard InChI is InChI=1S/C25H27Cl2F6N3O2/c1-14-5-7-15(8-6-14)35-21(24(28,29)30)16(11-34)22(38)36(13-23(9-10-23)25(31,32)33)12-19(37)20-17(26)3-2-4-18(20)27/h2-4,11,14-16,34H,5-10,12-13H2,1H3. The molecule has 1 atom stereocenters. The van der Waals surface area contributed by atoms with Gasteiger partial charge in [0.25, 0.3) is 0 Å². The number of carbonyl (C=O) groups excluding carboxylic acids is 2. The summed E-state index contributed by atoms with van der Waals surface area (Å²) in [5, 5.41) is 7.37. The minimum atomic E-state index is -5.12. The first-order chi connectivity index (χ1) is 17.6. The van der Waals surface area contributed by atoms with Crippen molar-refractivity contribution in [2.24, 2.45) is 22.2 Å². The molecule has 2 saturated carbocycles. The topological polar surface area (TPSA) is 73.6 Å². The average molecular weight is 586 g/mol. The molecule has 1 unspecified atom stereocenters. The highest BCUT2D eigenvalue weighted by atomic mass is 35.5. The van der Waals surface area contributed by atoms with E-state index in [2.05, 4.69) is 4.99 Å². The van der Waals surface area contributed by atoms with Gasteiger partial charge in [0.1, 0.15) is 11.6 Å². The third kappa shape index (κ3) is 6.89. The Kier molecular flexibility index (Phi) is 9.23. The van der Waals surface area contributed by atoms with E-state index in [-0.39, 0.29) is 34.7 Å². The predicted molar refractivity (Wildman–Crippen MR) is 132 cm³/mol. The number of benzene rings is 1. The number of hydrogen-bond donors (Lipinski definition) is 1. The van der Waals surface area contributed by atoms with Crippen LogP contribution in [-0.4, -0.2) is 60.0 Å². The molecule has 0 saturated heterocycles. The molecule has 1 amide bonds.